The van der Waals surface area contributed by atoms with Gasteiger partial charge in [0.05, 0.1) is 4.92 Å². The smallest absolute Gasteiger partial charge is 0.354 e. The number of rotatable bonds is 4. The van der Waals surface area contributed by atoms with Crippen LogP contribution >= 0.6 is 0 Å². The Kier molecular flexibility index (Phi) is 3.79. The van der Waals surface area contributed by atoms with Gasteiger partial charge in [-0.25, -0.2) is 14.2 Å². The zero-order valence-corrected chi connectivity index (χ0v) is 10.9. The van der Waals surface area contributed by atoms with E-state index < -0.39 is 16.7 Å². The molecule has 0 unspecified atom stereocenters. The minimum Gasteiger partial charge on any atom is -0.477 e. The first-order chi connectivity index (χ1) is 9.90. The molecule has 0 saturated heterocycles. The molecule has 0 radical (unpaired) electrons. The normalized spacial score (nSPS) is 10.2. The van der Waals surface area contributed by atoms with Crippen LogP contribution in [0, 0.1) is 15.9 Å². The van der Waals surface area contributed by atoms with Gasteiger partial charge in [0.2, 0.25) is 5.82 Å². The molecule has 0 spiro atoms. The standard InChI is InChI=1S/C13H10FN3O4/c1-16(9-4-2-3-8(14)7-9)12-11(17(20)21)6-5-10(15-12)13(18)19/h2-7H,1H3,(H,18,19). The van der Waals surface area contributed by atoms with Crippen LogP contribution in [0.25, 0.3) is 0 Å². The molecule has 0 aliphatic heterocycles. The Bertz CT molecular complexity index is 720. The predicted molar refractivity (Wildman–Crippen MR) is 72.3 cm³/mol. The Labute approximate surface area is 118 Å². The highest BCUT2D eigenvalue weighted by atomic mass is 19.1. The van der Waals surface area contributed by atoms with E-state index in [4.69, 9.17) is 5.11 Å². The van der Waals surface area contributed by atoms with Crippen LogP contribution in [-0.4, -0.2) is 28.0 Å². The van der Waals surface area contributed by atoms with Crippen LogP contribution < -0.4 is 4.90 Å². The van der Waals surface area contributed by atoms with E-state index in [1.54, 1.807) is 0 Å². The van der Waals surface area contributed by atoms with Gasteiger partial charge < -0.3 is 10.0 Å². The molecule has 1 aromatic heterocycles. The summed E-state index contributed by atoms with van der Waals surface area (Å²) in [6, 6.07) is 7.46. The largest absolute Gasteiger partial charge is 0.477 e. The van der Waals surface area contributed by atoms with Crippen molar-refractivity contribution in [2.24, 2.45) is 0 Å². The van der Waals surface area contributed by atoms with Crippen LogP contribution in [0.3, 0.4) is 0 Å². The van der Waals surface area contributed by atoms with E-state index in [1.165, 1.54) is 36.2 Å². The van der Waals surface area contributed by atoms with Crippen molar-refractivity contribution in [3.05, 3.63) is 58.0 Å². The molecule has 7 nitrogen and oxygen atoms in total. The number of carboxylic acid groups (broad SMARTS) is 1. The summed E-state index contributed by atoms with van der Waals surface area (Å²) in [5.74, 6) is -2.00. The number of anilines is 2. The number of aromatic carboxylic acids is 1. The fourth-order valence-electron chi connectivity index (χ4n) is 1.76. The van der Waals surface area contributed by atoms with Gasteiger partial charge in [-0.1, -0.05) is 6.07 Å². The zero-order chi connectivity index (χ0) is 15.6. The van der Waals surface area contributed by atoms with Gasteiger partial charge in [0.1, 0.15) is 5.82 Å². The summed E-state index contributed by atoms with van der Waals surface area (Å²) >= 11 is 0. The third kappa shape index (κ3) is 2.94. The fraction of sp³-hybridized carbons (Fsp3) is 0.0769. The van der Waals surface area contributed by atoms with E-state index >= 15 is 0 Å². The van der Waals surface area contributed by atoms with Gasteiger partial charge in [-0.15, -0.1) is 0 Å². The van der Waals surface area contributed by atoms with E-state index in [9.17, 15) is 19.3 Å². The summed E-state index contributed by atoms with van der Waals surface area (Å²) in [5.41, 5.74) is -0.390. The molecule has 1 N–H and O–H groups in total. The van der Waals surface area contributed by atoms with Crippen molar-refractivity contribution in [3.63, 3.8) is 0 Å². The van der Waals surface area contributed by atoms with Crippen LogP contribution in [0.5, 0.6) is 0 Å². The lowest BCUT2D eigenvalue weighted by Crippen LogP contribution is -2.15. The summed E-state index contributed by atoms with van der Waals surface area (Å²) in [6.45, 7) is 0. The minimum absolute atomic E-state index is 0.175. The molecule has 8 heteroatoms. The van der Waals surface area contributed by atoms with Crippen molar-refractivity contribution in [1.29, 1.82) is 0 Å². The number of halogens is 1. The quantitative estimate of drug-likeness (QED) is 0.687. The molecular formula is C13H10FN3O4. The summed E-state index contributed by atoms with van der Waals surface area (Å²) in [7, 11) is 1.44. The summed E-state index contributed by atoms with van der Waals surface area (Å²) in [4.78, 5) is 26.3. The molecule has 21 heavy (non-hydrogen) atoms. The molecule has 0 bridgehead atoms. The Morgan fingerprint density at radius 2 is 2.10 bits per heavy atom. The van der Waals surface area contributed by atoms with Gasteiger partial charge in [0.15, 0.2) is 5.69 Å². The fourth-order valence-corrected chi connectivity index (χ4v) is 1.76. The van der Waals surface area contributed by atoms with E-state index in [-0.39, 0.29) is 17.2 Å². The van der Waals surface area contributed by atoms with E-state index in [1.807, 2.05) is 0 Å². The third-order valence-corrected chi connectivity index (χ3v) is 2.78. The monoisotopic (exact) mass is 291 g/mol. The molecule has 2 aromatic rings. The number of hydrogen-bond acceptors (Lipinski definition) is 5. The van der Waals surface area contributed by atoms with E-state index in [0.717, 1.165) is 12.1 Å². The molecule has 0 saturated carbocycles. The second-order valence-electron chi connectivity index (χ2n) is 4.14. The van der Waals surface area contributed by atoms with Gasteiger partial charge in [0.25, 0.3) is 0 Å². The Balaban J connectivity index is 2.56. The molecule has 2 rings (SSSR count). The summed E-state index contributed by atoms with van der Waals surface area (Å²) in [6.07, 6.45) is 0. The van der Waals surface area contributed by atoms with E-state index in [2.05, 4.69) is 4.98 Å². The summed E-state index contributed by atoms with van der Waals surface area (Å²) in [5, 5.41) is 19.9. The van der Waals surface area contributed by atoms with Crippen molar-refractivity contribution < 1.29 is 19.2 Å². The van der Waals surface area contributed by atoms with Crippen molar-refractivity contribution in [1.82, 2.24) is 4.98 Å². The highest BCUT2D eigenvalue weighted by Crippen LogP contribution is 2.30. The lowest BCUT2D eigenvalue weighted by Gasteiger charge is -2.18. The number of carbonyl (C=O) groups is 1. The van der Waals surface area contributed by atoms with Gasteiger partial charge in [0, 0.05) is 18.8 Å². The molecule has 1 aromatic carbocycles. The predicted octanol–water partition coefficient (Wildman–Crippen LogP) is 2.60. The topological polar surface area (TPSA) is 96.6 Å². The zero-order valence-electron chi connectivity index (χ0n) is 10.9. The molecule has 0 aliphatic rings. The number of benzene rings is 1. The first kappa shape index (κ1) is 14.4. The molecule has 108 valence electrons. The number of nitrogens with zero attached hydrogens (tertiary/aromatic N) is 3. The number of carboxylic acids is 1. The van der Waals surface area contributed by atoms with Crippen molar-refractivity contribution in [2.45, 2.75) is 0 Å². The second kappa shape index (κ2) is 5.53. The second-order valence-corrected chi connectivity index (χ2v) is 4.14. The maximum absolute atomic E-state index is 13.2. The van der Waals surface area contributed by atoms with Crippen molar-refractivity contribution in [3.8, 4) is 0 Å². The SMILES string of the molecule is CN(c1cccc(F)c1)c1nc(C(=O)O)ccc1[N+](=O)[O-]. The Morgan fingerprint density at radius 3 is 2.67 bits per heavy atom. The molecule has 0 amide bonds. The van der Waals surface area contributed by atoms with Gasteiger partial charge in [-0.2, -0.15) is 0 Å². The number of aromatic nitrogens is 1. The van der Waals surface area contributed by atoms with Gasteiger partial charge >= 0.3 is 11.7 Å². The lowest BCUT2D eigenvalue weighted by atomic mass is 10.2. The van der Waals surface area contributed by atoms with Crippen molar-refractivity contribution in [2.75, 3.05) is 11.9 Å². The average molecular weight is 291 g/mol. The third-order valence-electron chi connectivity index (χ3n) is 2.78. The highest BCUT2D eigenvalue weighted by molar-refractivity contribution is 5.87. The van der Waals surface area contributed by atoms with Crippen LogP contribution in [0.2, 0.25) is 0 Å². The van der Waals surface area contributed by atoms with Gasteiger partial charge in [-0.05, 0) is 24.3 Å². The first-order valence-electron chi connectivity index (χ1n) is 5.78. The van der Waals surface area contributed by atoms with Crippen LogP contribution in [0.4, 0.5) is 21.6 Å². The first-order valence-corrected chi connectivity index (χ1v) is 5.78. The summed E-state index contributed by atoms with van der Waals surface area (Å²) < 4.78 is 13.2. The van der Waals surface area contributed by atoms with Crippen molar-refractivity contribution >= 4 is 23.2 Å². The maximum atomic E-state index is 13.2. The lowest BCUT2D eigenvalue weighted by molar-refractivity contribution is -0.384. The number of nitro groups is 1. The van der Waals surface area contributed by atoms with E-state index in [0.29, 0.717) is 5.69 Å². The molecule has 0 aliphatic carbocycles. The average Bonchev–Trinajstić information content (AvgIpc) is 2.45. The minimum atomic E-state index is -1.31. The molecular weight excluding hydrogens is 281 g/mol. The van der Waals surface area contributed by atoms with Crippen LogP contribution in [0.15, 0.2) is 36.4 Å². The van der Waals surface area contributed by atoms with Crippen LogP contribution in [0.1, 0.15) is 10.5 Å². The molecule has 0 fully saturated rings. The molecule has 1 heterocycles. The maximum Gasteiger partial charge on any atom is 0.354 e. The van der Waals surface area contributed by atoms with Gasteiger partial charge in [-0.3, -0.25) is 10.1 Å². The Morgan fingerprint density at radius 1 is 1.38 bits per heavy atom. The Hall–Kier alpha value is -3.03. The highest BCUT2D eigenvalue weighted by Gasteiger charge is 2.22. The number of pyridine rings is 1. The number of hydrogen-bond donors (Lipinski definition) is 1. The van der Waals surface area contributed by atoms with Crippen LogP contribution in [-0.2, 0) is 0 Å². The molecule has 0 atom stereocenters.